The zero-order valence-electron chi connectivity index (χ0n) is 14.2. The molecule has 4 aliphatic rings. The van der Waals surface area contributed by atoms with Crippen molar-refractivity contribution < 1.29 is 19.0 Å². The van der Waals surface area contributed by atoms with Gasteiger partial charge in [0.1, 0.15) is 5.56 Å². The van der Waals surface area contributed by atoms with E-state index in [9.17, 15) is 14.3 Å². The number of aryl methyl sites for hydroxylation is 1. The largest absolute Gasteiger partial charge is 0.504 e. The van der Waals surface area contributed by atoms with E-state index in [1.54, 1.807) is 6.92 Å². The third-order valence-electron chi connectivity index (χ3n) is 5.94. The highest BCUT2D eigenvalue weighted by atomic mass is 19.1. The van der Waals surface area contributed by atoms with Gasteiger partial charge in [-0.25, -0.2) is 4.39 Å². The van der Waals surface area contributed by atoms with Crippen LogP contribution in [0.2, 0.25) is 0 Å². The fraction of sp³-hybridized carbons (Fsp3) is 0.611. The first-order valence-electron chi connectivity index (χ1n) is 9.01. The van der Waals surface area contributed by atoms with Crippen molar-refractivity contribution in [2.24, 2.45) is 5.92 Å². The van der Waals surface area contributed by atoms with Crippen LogP contribution in [0.4, 0.5) is 10.1 Å². The van der Waals surface area contributed by atoms with E-state index in [0.29, 0.717) is 23.2 Å². The maximum Gasteiger partial charge on any atom is 0.259 e. The average Bonchev–Trinajstić information content (AvgIpc) is 3.17. The van der Waals surface area contributed by atoms with Crippen LogP contribution in [-0.4, -0.2) is 54.0 Å². The monoisotopic (exact) mass is 347 g/mol. The molecule has 0 aromatic heterocycles. The number of likely N-dealkylation sites (tertiary alicyclic amines) is 1. The molecule has 134 valence electrons. The summed E-state index contributed by atoms with van der Waals surface area (Å²) in [6.07, 6.45) is 3.13. The Hall–Kier alpha value is -1.86. The normalized spacial score (nSPS) is 31.8. The van der Waals surface area contributed by atoms with Gasteiger partial charge < -0.3 is 20.1 Å². The molecule has 1 aromatic rings. The van der Waals surface area contributed by atoms with Gasteiger partial charge in [-0.15, -0.1) is 0 Å². The lowest BCUT2D eigenvalue weighted by Gasteiger charge is -2.44. The van der Waals surface area contributed by atoms with Gasteiger partial charge in [0.25, 0.3) is 5.91 Å². The minimum absolute atomic E-state index is 0.0660. The maximum absolute atomic E-state index is 14.0. The zero-order chi connectivity index (χ0) is 17.3. The zero-order valence-corrected chi connectivity index (χ0v) is 14.2. The molecule has 3 unspecified atom stereocenters. The Morgan fingerprint density at radius 3 is 2.84 bits per heavy atom. The number of hydrogen-bond donors (Lipinski definition) is 2. The molecule has 2 saturated heterocycles. The number of benzene rings is 1. The summed E-state index contributed by atoms with van der Waals surface area (Å²) in [6, 6.07) is 1.63. The summed E-state index contributed by atoms with van der Waals surface area (Å²) in [6.45, 7) is 4.30. The smallest absolute Gasteiger partial charge is 0.259 e. The quantitative estimate of drug-likeness (QED) is 0.850. The topological polar surface area (TPSA) is 65.0 Å². The van der Waals surface area contributed by atoms with Crippen LogP contribution in [0.25, 0.3) is 0 Å². The summed E-state index contributed by atoms with van der Waals surface area (Å²) in [5.41, 5.74) is 1.43. The Morgan fingerprint density at radius 1 is 1.32 bits per heavy atom. The number of nitrogens with zero attached hydrogens (tertiary/aromatic N) is 2. The lowest BCUT2D eigenvalue weighted by molar-refractivity contribution is 0.0723. The molecule has 3 fully saturated rings. The highest BCUT2D eigenvalue weighted by Gasteiger charge is 2.48. The second-order valence-corrected chi connectivity index (χ2v) is 7.64. The Morgan fingerprint density at radius 2 is 2.12 bits per heavy atom. The Labute approximate surface area is 145 Å². The predicted molar refractivity (Wildman–Crippen MR) is 89.0 cm³/mol. The first-order valence-corrected chi connectivity index (χ1v) is 9.01. The van der Waals surface area contributed by atoms with E-state index in [0.717, 1.165) is 39.0 Å². The van der Waals surface area contributed by atoms with Crippen LogP contribution in [0.5, 0.6) is 5.75 Å². The van der Waals surface area contributed by atoms with Crippen LogP contribution >= 0.6 is 0 Å². The van der Waals surface area contributed by atoms with Crippen molar-refractivity contribution in [3.05, 3.63) is 23.0 Å². The lowest BCUT2D eigenvalue weighted by Crippen LogP contribution is -2.62. The van der Waals surface area contributed by atoms with Crippen molar-refractivity contribution in [3.8, 4) is 5.75 Å². The Kier molecular flexibility index (Phi) is 3.27. The molecule has 1 amide bonds. The van der Waals surface area contributed by atoms with Gasteiger partial charge in [-0.05, 0) is 37.8 Å². The molecule has 3 heterocycles. The number of rotatable bonds is 2. The summed E-state index contributed by atoms with van der Waals surface area (Å²) in [4.78, 5) is 17.1. The Bertz CT molecular complexity index is 740. The second-order valence-electron chi connectivity index (χ2n) is 7.64. The van der Waals surface area contributed by atoms with E-state index in [1.165, 1.54) is 6.07 Å². The van der Waals surface area contributed by atoms with E-state index >= 15 is 0 Å². The standard InChI is InChI=1S/C18H22FN3O3/c1-9-6-12(19)16(23)14-15(9)22(11-2-3-11)18(20-17(14)24)21-7-10-4-5-25-13(10)8-21/h6,10-11,13,18,23H,2-5,7-8H2,1H3,(H,20,24). The van der Waals surface area contributed by atoms with E-state index in [2.05, 4.69) is 15.1 Å². The lowest BCUT2D eigenvalue weighted by atomic mass is 10.0. The molecule has 0 spiro atoms. The van der Waals surface area contributed by atoms with Gasteiger partial charge in [-0.3, -0.25) is 9.69 Å². The SMILES string of the molecule is Cc1cc(F)c(O)c2c1N(C1CC1)C(N1CC3CCOC3C1)NC2=O. The van der Waals surface area contributed by atoms with E-state index in [1.807, 2.05) is 0 Å². The number of carbonyl (C=O) groups is 1. The fourth-order valence-electron chi connectivity index (χ4n) is 4.60. The van der Waals surface area contributed by atoms with Gasteiger partial charge in [0.15, 0.2) is 17.9 Å². The summed E-state index contributed by atoms with van der Waals surface area (Å²) in [5, 5.41) is 13.1. The number of phenols is 1. The molecule has 6 nitrogen and oxygen atoms in total. The fourth-order valence-corrected chi connectivity index (χ4v) is 4.60. The molecule has 25 heavy (non-hydrogen) atoms. The minimum Gasteiger partial charge on any atom is -0.504 e. The van der Waals surface area contributed by atoms with E-state index in [-0.39, 0.29) is 18.0 Å². The number of phenolic OH excluding ortho intramolecular Hbond substituents is 1. The first-order chi connectivity index (χ1) is 12.0. The van der Waals surface area contributed by atoms with Gasteiger partial charge in [-0.2, -0.15) is 0 Å². The van der Waals surface area contributed by atoms with Crippen LogP contribution in [0, 0.1) is 18.7 Å². The van der Waals surface area contributed by atoms with Crippen LogP contribution in [0.1, 0.15) is 35.2 Å². The number of aromatic hydroxyl groups is 1. The van der Waals surface area contributed by atoms with Crippen LogP contribution in [0.15, 0.2) is 6.07 Å². The molecule has 1 aliphatic carbocycles. The Balaban J connectivity index is 1.56. The molecule has 3 atom stereocenters. The van der Waals surface area contributed by atoms with Gasteiger partial charge in [0.05, 0.1) is 11.8 Å². The van der Waals surface area contributed by atoms with Crippen LogP contribution in [0.3, 0.4) is 0 Å². The number of hydrogen-bond acceptors (Lipinski definition) is 5. The van der Waals surface area contributed by atoms with Crippen molar-refractivity contribution in [2.45, 2.75) is 44.6 Å². The van der Waals surface area contributed by atoms with Gasteiger partial charge in [0.2, 0.25) is 0 Å². The van der Waals surface area contributed by atoms with Gasteiger partial charge in [-0.1, -0.05) is 0 Å². The number of fused-ring (bicyclic) bond motifs is 2. The average molecular weight is 347 g/mol. The minimum atomic E-state index is -0.746. The molecule has 3 aliphatic heterocycles. The van der Waals surface area contributed by atoms with Crippen molar-refractivity contribution in [2.75, 3.05) is 24.6 Å². The van der Waals surface area contributed by atoms with Crippen molar-refractivity contribution in [1.82, 2.24) is 10.2 Å². The third-order valence-corrected chi connectivity index (χ3v) is 5.94. The molecule has 0 radical (unpaired) electrons. The van der Waals surface area contributed by atoms with Gasteiger partial charge in [0, 0.05) is 31.7 Å². The molecule has 7 heteroatoms. The summed E-state index contributed by atoms with van der Waals surface area (Å²) < 4.78 is 19.8. The maximum atomic E-state index is 14.0. The van der Waals surface area contributed by atoms with Crippen LogP contribution in [-0.2, 0) is 4.74 Å². The predicted octanol–water partition coefficient (Wildman–Crippen LogP) is 1.56. The molecule has 2 N–H and O–H groups in total. The number of carbonyl (C=O) groups excluding carboxylic acids is 1. The molecular formula is C18H22FN3O3. The highest BCUT2D eigenvalue weighted by molar-refractivity contribution is 6.05. The molecular weight excluding hydrogens is 325 g/mol. The van der Waals surface area contributed by atoms with Crippen molar-refractivity contribution >= 4 is 11.6 Å². The number of anilines is 1. The number of amides is 1. The van der Waals surface area contributed by atoms with E-state index < -0.39 is 17.5 Å². The second kappa shape index (κ2) is 5.32. The summed E-state index contributed by atoms with van der Waals surface area (Å²) in [5.74, 6) is -1.19. The molecule has 5 rings (SSSR count). The molecule has 0 bridgehead atoms. The van der Waals surface area contributed by atoms with Crippen LogP contribution < -0.4 is 10.2 Å². The summed E-state index contributed by atoms with van der Waals surface area (Å²) in [7, 11) is 0. The van der Waals surface area contributed by atoms with Crippen molar-refractivity contribution in [1.29, 1.82) is 0 Å². The number of ether oxygens (including phenoxy) is 1. The highest BCUT2D eigenvalue weighted by Crippen LogP contribution is 2.44. The molecule has 1 aromatic carbocycles. The first kappa shape index (κ1) is 15.4. The van der Waals surface area contributed by atoms with Crippen molar-refractivity contribution in [3.63, 3.8) is 0 Å². The molecule has 1 saturated carbocycles. The van der Waals surface area contributed by atoms with Gasteiger partial charge >= 0.3 is 0 Å². The third kappa shape index (κ3) is 2.25. The number of nitrogens with one attached hydrogen (secondary N) is 1. The number of halogens is 1. The summed E-state index contributed by atoms with van der Waals surface area (Å²) >= 11 is 0. The van der Waals surface area contributed by atoms with E-state index in [4.69, 9.17) is 4.74 Å².